The molecule has 0 heterocycles. The van der Waals surface area contributed by atoms with Gasteiger partial charge in [-0.15, -0.1) is 0 Å². The number of likely N-dealkylation sites (N-methyl/N-ethyl adjacent to an activating group) is 1. The monoisotopic (exact) mass is 282 g/mol. The predicted octanol–water partition coefficient (Wildman–Crippen LogP) is 3.46. The smallest absolute Gasteiger partial charge is 0.243 e. The van der Waals surface area contributed by atoms with Crippen molar-refractivity contribution in [2.75, 3.05) is 20.6 Å². The Hall–Kier alpha value is -0.830. The van der Waals surface area contributed by atoms with Gasteiger partial charge in [0.25, 0.3) is 0 Å². The molecule has 1 unspecified atom stereocenters. The fraction of sp³-hybridized carbons (Fsp3) is 0.824. The fourth-order valence-corrected chi connectivity index (χ4v) is 2.31. The van der Waals surface area contributed by atoms with Crippen molar-refractivity contribution in [1.29, 1.82) is 0 Å². The minimum atomic E-state index is 0.0127. The summed E-state index contributed by atoms with van der Waals surface area (Å²) in [4.78, 5) is 14.1. The molecule has 0 aliphatic rings. The van der Waals surface area contributed by atoms with Gasteiger partial charge >= 0.3 is 0 Å². The lowest BCUT2D eigenvalue weighted by Gasteiger charge is -2.46. The molecule has 1 amide bonds. The van der Waals surface area contributed by atoms with E-state index in [1.807, 2.05) is 25.1 Å². The number of carbonyl (C=O) groups excluding carboxylic acids is 1. The molecule has 0 bridgehead atoms. The summed E-state index contributed by atoms with van der Waals surface area (Å²) in [6.07, 6.45) is 5.60. The van der Waals surface area contributed by atoms with Crippen LogP contribution in [0.25, 0.3) is 0 Å². The first-order valence-electron chi connectivity index (χ1n) is 7.70. The summed E-state index contributed by atoms with van der Waals surface area (Å²) in [6, 6.07) is 0.189. The van der Waals surface area contributed by atoms with E-state index < -0.39 is 0 Å². The van der Waals surface area contributed by atoms with Crippen LogP contribution in [0.2, 0.25) is 0 Å². The summed E-state index contributed by atoms with van der Waals surface area (Å²) in [6.45, 7) is 14.2. The summed E-state index contributed by atoms with van der Waals surface area (Å²) in [7, 11) is 3.98. The Bertz CT molecular complexity index is 330. The lowest BCUT2D eigenvalue weighted by atomic mass is 9.62. The van der Waals surface area contributed by atoms with Gasteiger partial charge in [0.1, 0.15) is 0 Å². The number of hydrogen-bond acceptors (Lipinski definition) is 2. The molecule has 3 heteroatoms. The molecule has 0 radical (unpaired) electrons. The Morgan fingerprint density at radius 3 is 2.15 bits per heavy atom. The van der Waals surface area contributed by atoms with Crippen molar-refractivity contribution in [3.05, 3.63) is 12.2 Å². The van der Waals surface area contributed by atoms with E-state index in [-0.39, 0.29) is 22.8 Å². The topological polar surface area (TPSA) is 32.3 Å². The minimum absolute atomic E-state index is 0.0127. The summed E-state index contributed by atoms with van der Waals surface area (Å²) in [5.41, 5.74) is 0.246. The molecule has 118 valence electrons. The van der Waals surface area contributed by atoms with Crippen LogP contribution in [0.5, 0.6) is 0 Å². The van der Waals surface area contributed by atoms with Crippen molar-refractivity contribution in [1.82, 2.24) is 10.2 Å². The third kappa shape index (κ3) is 5.28. The van der Waals surface area contributed by atoms with Gasteiger partial charge in [-0.2, -0.15) is 0 Å². The first-order chi connectivity index (χ1) is 9.08. The van der Waals surface area contributed by atoms with Gasteiger partial charge in [-0.3, -0.25) is 4.79 Å². The first kappa shape index (κ1) is 19.2. The molecule has 0 aromatic heterocycles. The van der Waals surface area contributed by atoms with Crippen molar-refractivity contribution in [3.63, 3.8) is 0 Å². The van der Waals surface area contributed by atoms with Gasteiger partial charge < -0.3 is 10.2 Å². The molecule has 0 saturated carbocycles. The predicted molar refractivity (Wildman–Crippen MR) is 87.8 cm³/mol. The first-order valence-corrected chi connectivity index (χ1v) is 7.70. The largest absolute Gasteiger partial charge is 0.349 e. The van der Waals surface area contributed by atoms with Crippen LogP contribution in [0.1, 0.15) is 54.4 Å². The highest BCUT2D eigenvalue weighted by Crippen LogP contribution is 2.44. The molecule has 1 atom stereocenters. The van der Waals surface area contributed by atoms with Crippen molar-refractivity contribution in [2.45, 2.75) is 60.4 Å². The second kappa shape index (κ2) is 7.82. The molecule has 0 fully saturated rings. The molecule has 1 N–H and O–H groups in total. The quantitative estimate of drug-likeness (QED) is 0.691. The minimum Gasteiger partial charge on any atom is -0.349 e. The van der Waals surface area contributed by atoms with E-state index in [2.05, 4.69) is 46.9 Å². The van der Waals surface area contributed by atoms with Crippen LogP contribution in [0.15, 0.2) is 12.2 Å². The van der Waals surface area contributed by atoms with E-state index in [4.69, 9.17) is 0 Å². The fourth-order valence-electron chi connectivity index (χ4n) is 2.31. The van der Waals surface area contributed by atoms with Crippen LogP contribution in [-0.4, -0.2) is 37.5 Å². The SMILES string of the molecule is CCC(NC(=O)/C=C/CN(C)C)C(C)(C)C(C)(C)CC. The lowest BCUT2D eigenvalue weighted by molar-refractivity contribution is -0.118. The average molecular weight is 282 g/mol. The third-order valence-electron chi connectivity index (χ3n) is 4.96. The van der Waals surface area contributed by atoms with Gasteiger partial charge in [-0.25, -0.2) is 0 Å². The maximum absolute atomic E-state index is 12.0. The van der Waals surface area contributed by atoms with E-state index >= 15 is 0 Å². The van der Waals surface area contributed by atoms with Crippen LogP contribution in [0, 0.1) is 10.8 Å². The number of rotatable bonds is 8. The molecule has 0 spiro atoms. The zero-order chi connectivity index (χ0) is 16.0. The van der Waals surface area contributed by atoms with Crippen LogP contribution in [0.4, 0.5) is 0 Å². The Morgan fingerprint density at radius 1 is 1.20 bits per heavy atom. The second-order valence-electron chi connectivity index (χ2n) is 7.09. The van der Waals surface area contributed by atoms with Gasteiger partial charge in [0.15, 0.2) is 0 Å². The molecule has 0 aliphatic heterocycles. The number of nitrogens with zero attached hydrogens (tertiary/aromatic N) is 1. The van der Waals surface area contributed by atoms with Gasteiger partial charge in [-0.1, -0.05) is 54.0 Å². The molecule has 0 aliphatic carbocycles. The molecular formula is C17H34N2O. The van der Waals surface area contributed by atoms with E-state index in [0.717, 1.165) is 19.4 Å². The van der Waals surface area contributed by atoms with Gasteiger partial charge in [-0.05, 0) is 31.3 Å². The molecule has 0 saturated heterocycles. The number of amides is 1. The second-order valence-corrected chi connectivity index (χ2v) is 7.09. The van der Waals surface area contributed by atoms with Crippen molar-refractivity contribution < 1.29 is 4.79 Å². The highest BCUT2D eigenvalue weighted by atomic mass is 16.1. The van der Waals surface area contributed by atoms with Crippen molar-refractivity contribution in [2.24, 2.45) is 10.8 Å². The van der Waals surface area contributed by atoms with Crippen molar-refractivity contribution in [3.8, 4) is 0 Å². The zero-order valence-corrected chi connectivity index (χ0v) is 14.7. The molecule has 3 nitrogen and oxygen atoms in total. The van der Waals surface area contributed by atoms with E-state index in [0.29, 0.717) is 0 Å². The van der Waals surface area contributed by atoms with E-state index in [1.54, 1.807) is 6.08 Å². The van der Waals surface area contributed by atoms with Crippen molar-refractivity contribution >= 4 is 5.91 Å². The Morgan fingerprint density at radius 2 is 1.75 bits per heavy atom. The third-order valence-corrected chi connectivity index (χ3v) is 4.96. The van der Waals surface area contributed by atoms with Gasteiger partial charge in [0, 0.05) is 18.7 Å². The average Bonchev–Trinajstić information content (AvgIpc) is 2.34. The van der Waals surface area contributed by atoms with Gasteiger partial charge in [0.2, 0.25) is 5.91 Å². The molecule has 0 rings (SSSR count). The number of hydrogen-bond donors (Lipinski definition) is 1. The summed E-state index contributed by atoms with van der Waals surface area (Å²) < 4.78 is 0. The van der Waals surface area contributed by atoms with Gasteiger partial charge in [0.05, 0.1) is 0 Å². The normalized spacial score (nSPS) is 14.8. The standard InChI is InChI=1S/C17H34N2O/c1-9-14(17(5,6)16(3,4)10-2)18-15(20)12-11-13-19(7)8/h11-12,14H,9-10,13H2,1-8H3,(H,18,20)/b12-11+. The summed E-state index contributed by atoms with van der Waals surface area (Å²) >= 11 is 0. The van der Waals surface area contributed by atoms with E-state index in [1.165, 1.54) is 0 Å². The Kier molecular flexibility index (Phi) is 7.50. The van der Waals surface area contributed by atoms with Crippen LogP contribution < -0.4 is 5.32 Å². The van der Waals surface area contributed by atoms with Crippen LogP contribution >= 0.6 is 0 Å². The Labute approximate surface area is 125 Å². The maximum Gasteiger partial charge on any atom is 0.243 e. The van der Waals surface area contributed by atoms with Crippen LogP contribution in [0.3, 0.4) is 0 Å². The molecule has 0 aromatic carbocycles. The highest BCUT2D eigenvalue weighted by Gasteiger charge is 2.41. The van der Waals surface area contributed by atoms with E-state index in [9.17, 15) is 4.79 Å². The summed E-state index contributed by atoms with van der Waals surface area (Å²) in [5, 5.41) is 3.18. The number of nitrogens with one attached hydrogen (secondary N) is 1. The lowest BCUT2D eigenvalue weighted by Crippen LogP contribution is -2.51. The Balaban J connectivity index is 4.78. The number of carbonyl (C=O) groups is 1. The van der Waals surface area contributed by atoms with Crippen LogP contribution in [-0.2, 0) is 4.79 Å². The zero-order valence-electron chi connectivity index (χ0n) is 14.7. The maximum atomic E-state index is 12.0. The molecule has 0 aromatic rings. The summed E-state index contributed by atoms with van der Waals surface area (Å²) in [5.74, 6) is 0.0127. The highest BCUT2D eigenvalue weighted by molar-refractivity contribution is 5.87. The molecular weight excluding hydrogens is 248 g/mol. The molecule has 20 heavy (non-hydrogen) atoms.